The van der Waals surface area contributed by atoms with E-state index >= 15 is 0 Å². The Hall–Kier alpha value is -3.18. The molecule has 0 unspecified atom stereocenters. The second kappa shape index (κ2) is 8.23. The van der Waals surface area contributed by atoms with Crippen LogP contribution < -0.4 is 4.74 Å². The standard InChI is InChI=1S/C23H24N4O/c1-26(2)15-6-16-28-20-11-9-18(10-12-20)21-13-14-23-24-17-22(27(23)25-21)19-7-4-3-5-8-19/h3-5,7-14,17H,6,15-16H2,1-2H3. The molecule has 0 atom stereocenters. The fraction of sp³-hybridized carbons (Fsp3) is 0.217. The van der Waals surface area contributed by atoms with Gasteiger partial charge in [0, 0.05) is 17.7 Å². The molecule has 0 amide bonds. The number of benzene rings is 2. The van der Waals surface area contributed by atoms with Gasteiger partial charge in [0.15, 0.2) is 5.65 Å². The molecule has 5 nitrogen and oxygen atoms in total. The van der Waals surface area contributed by atoms with E-state index in [0.717, 1.165) is 53.5 Å². The molecule has 142 valence electrons. The molecule has 0 bridgehead atoms. The number of imidazole rings is 1. The Bertz CT molecular complexity index is 1040. The quantitative estimate of drug-likeness (QED) is 0.451. The molecule has 0 saturated heterocycles. The fourth-order valence-electron chi connectivity index (χ4n) is 3.13. The molecule has 0 aliphatic carbocycles. The van der Waals surface area contributed by atoms with E-state index in [0.29, 0.717) is 0 Å². The molecule has 0 N–H and O–H groups in total. The van der Waals surface area contributed by atoms with Crippen molar-refractivity contribution in [3.05, 3.63) is 72.9 Å². The lowest BCUT2D eigenvalue weighted by Gasteiger charge is -2.10. The summed E-state index contributed by atoms with van der Waals surface area (Å²) in [5, 5.41) is 4.81. The maximum atomic E-state index is 5.82. The van der Waals surface area contributed by atoms with Crippen molar-refractivity contribution in [3.8, 4) is 28.3 Å². The van der Waals surface area contributed by atoms with Gasteiger partial charge in [-0.3, -0.25) is 0 Å². The van der Waals surface area contributed by atoms with Crippen molar-refractivity contribution in [2.45, 2.75) is 6.42 Å². The second-order valence-electron chi connectivity index (χ2n) is 7.03. The van der Waals surface area contributed by atoms with E-state index in [-0.39, 0.29) is 0 Å². The van der Waals surface area contributed by atoms with Gasteiger partial charge >= 0.3 is 0 Å². The highest BCUT2D eigenvalue weighted by Gasteiger charge is 2.09. The van der Waals surface area contributed by atoms with Crippen LogP contribution >= 0.6 is 0 Å². The summed E-state index contributed by atoms with van der Waals surface area (Å²) < 4.78 is 7.72. The Morgan fingerprint density at radius 3 is 2.43 bits per heavy atom. The van der Waals surface area contributed by atoms with Gasteiger partial charge in [-0.1, -0.05) is 30.3 Å². The van der Waals surface area contributed by atoms with Crippen molar-refractivity contribution >= 4 is 5.65 Å². The lowest BCUT2D eigenvalue weighted by Crippen LogP contribution is -2.15. The van der Waals surface area contributed by atoms with Crippen molar-refractivity contribution in [2.75, 3.05) is 27.2 Å². The zero-order chi connectivity index (χ0) is 19.3. The first-order valence-corrected chi connectivity index (χ1v) is 9.49. The third-order valence-electron chi connectivity index (χ3n) is 4.60. The maximum absolute atomic E-state index is 5.82. The molecule has 0 fully saturated rings. The normalized spacial score (nSPS) is 11.2. The molecule has 4 aromatic rings. The van der Waals surface area contributed by atoms with Crippen LogP contribution in [-0.4, -0.2) is 46.7 Å². The molecule has 5 heteroatoms. The summed E-state index contributed by atoms with van der Waals surface area (Å²) in [5.74, 6) is 0.885. The Morgan fingerprint density at radius 1 is 0.893 bits per heavy atom. The number of rotatable bonds is 7. The van der Waals surface area contributed by atoms with Crippen LogP contribution in [0, 0.1) is 0 Å². The van der Waals surface area contributed by atoms with Crippen LogP contribution in [0.3, 0.4) is 0 Å². The van der Waals surface area contributed by atoms with Crippen LogP contribution in [0.5, 0.6) is 5.75 Å². The second-order valence-corrected chi connectivity index (χ2v) is 7.03. The monoisotopic (exact) mass is 372 g/mol. The number of fused-ring (bicyclic) bond motifs is 1. The largest absolute Gasteiger partial charge is 0.494 e. The van der Waals surface area contributed by atoms with Gasteiger partial charge in [-0.25, -0.2) is 9.50 Å². The molecule has 2 aromatic carbocycles. The third kappa shape index (κ3) is 4.05. The molecular weight excluding hydrogens is 348 g/mol. The third-order valence-corrected chi connectivity index (χ3v) is 4.60. The van der Waals surface area contributed by atoms with Crippen LogP contribution in [0.15, 0.2) is 72.9 Å². The predicted molar refractivity (Wildman–Crippen MR) is 113 cm³/mol. The highest BCUT2D eigenvalue weighted by Crippen LogP contribution is 2.24. The number of ether oxygens (including phenoxy) is 1. The van der Waals surface area contributed by atoms with Gasteiger partial charge in [0.2, 0.25) is 0 Å². The van der Waals surface area contributed by atoms with E-state index in [4.69, 9.17) is 9.84 Å². The molecule has 0 spiro atoms. The van der Waals surface area contributed by atoms with Crippen molar-refractivity contribution in [2.24, 2.45) is 0 Å². The SMILES string of the molecule is CN(C)CCCOc1ccc(-c2ccc3ncc(-c4ccccc4)n3n2)cc1. The smallest absolute Gasteiger partial charge is 0.154 e. The van der Waals surface area contributed by atoms with Crippen molar-refractivity contribution in [3.63, 3.8) is 0 Å². The van der Waals surface area contributed by atoms with Gasteiger partial charge in [0.25, 0.3) is 0 Å². The molecular formula is C23H24N4O. The van der Waals surface area contributed by atoms with E-state index in [1.165, 1.54) is 0 Å². The zero-order valence-corrected chi connectivity index (χ0v) is 16.2. The molecule has 0 saturated carbocycles. The van der Waals surface area contributed by atoms with Gasteiger partial charge in [-0.15, -0.1) is 0 Å². The maximum Gasteiger partial charge on any atom is 0.154 e. The number of hydrogen-bond donors (Lipinski definition) is 0. The van der Waals surface area contributed by atoms with Crippen molar-refractivity contribution < 1.29 is 4.74 Å². The summed E-state index contributed by atoms with van der Waals surface area (Å²) >= 11 is 0. The van der Waals surface area contributed by atoms with Crippen LogP contribution in [-0.2, 0) is 0 Å². The summed E-state index contributed by atoms with van der Waals surface area (Å²) in [4.78, 5) is 6.64. The van der Waals surface area contributed by atoms with Gasteiger partial charge in [-0.2, -0.15) is 5.10 Å². The molecule has 2 heterocycles. The van der Waals surface area contributed by atoms with Gasteiger partial charge < -0.3 is 9.64 Å². The van der Waals surface area contributed by atoms with Gasteiger partial charge in [0.05, 0.1) is 24.2 Å². The topological polar surface area (TPSA) is 42.7 Å². The lowest BCUT2D eigenvalue weighted by atomic mass is 10.1. The Kier molecular flexibility index (Phi) is 5.35. The fourth-order valence-corrected chi connectivity index (χ4v) is 3.13. The number of nitrogens with zero attached hydrogens (tertiary/aromatic N) is 4. The predicted octanol–water partition coefficient (Wildman–Crippen LogP) is 4.39. The van der Waals surface area contributed by atoms with Gasteiger partial charge in [-0.05, 0) is 56.9 Å². The Labute approximate surface area is 165 Å². The molecule has 28 heavy (non-hydrogen) atoms. The van der Waals surface area contributed by atoms with Gasteiger partial charge in [0.1, 0.15) is 5.75 Å². The van der Waals surface area contributed by atoms with E-state index in [1.807, 2.05) is 53.2 Å². The summed E-state index contributed by atoms with van der Waals surface area (Å²) in [7, 11) is 4.14. The number of hydrogen-bond acceptors (Lipinski definition) is 4. The van der Waals surface area contributed by atoms with Crippen LogP contribution in [0.4, 0.5) is 0 Å². The highest BCUT2D eigenvalue weighted by atomic mass is 16.5. The summed E-state index contributed by atoms with van der Waals surface area (Å²) in [6.45, 7) is 1.74. The minimum Gasteiger partial charge on any atom is -0.494 e. The average molecular weight is 372 g/mol. The van der Waals surface area contributed by atoms with E-state index in [1.54, 1.807) is 0 Å². The molecule has 0 radical (unpaired) electrons. The van der Waals surface area contributed by atoms with E-state index in [9.17, 15) is 0 Å². The summed E-state index contributed by atoms with van der Waals surface area (Å²) in [6.07, 6.45) is 2.88. The average Bonchev–Trinajstić information content (AvgIpc) is 3.15. The minimum atomic E-state index is 0.719. The molecule has 0 aliphatic heterocycles. The first-order valence-electron chi connectivity index (χ1n) is 9.49. The highest BCUT2D eigenvalue weighted by molar-refractivity contribution is 5.66. The zero-order valence-electron chi connectivity index (χ0n) is 16.2. The van der Waals surface area contributed by atoms with Crippen LogP contribution in [0.25, 0.3) is 28.2 Å². The summed E-state index contributed by atoms with van der Waals surface area (Å²) in [5.41, 5.74) is 4.87. The Balaban J connectivity index is 1.54. The lowest BCUT2D eigenvalue weighted by molar-refractivity contribution is 0.281. The first kappa shape index (κ1) is 18.2. The van der Waals surface area contributed by atoms with Crippen molar-refractivity contribution in [1.82, 2.24) is 19.5 Å². The minimum absolute atomic E-state index is 0.719. The molecule has 0 aliphatic rings. The first-order chi connectivity index (χ1) is 13.7. The summed E-state index contributed by atoms with van der Waals surface area (Å²) in [6, 6.07) is 22.3. The molecule has 2 aromatic heterocycles. The molecule has 4 rings (SSSR count). The van der Waals surface area contributed by atoms with Crippen molar-refractivity contribution in [1.29, 1.82) is 0 Å². The van der Waals surface area contributed by atoms with Crippen LogP contribution in [0.1, 0.15) is 6.42 Å². The number of aromatic nitrogens is 3. The Morgan fingerprint density at radius 2 is 1.68 bits per heavy atom. The van der Waals surface area contributed by atoms with E-state index in [2.05, 4.69) is 48.2 Å². The van der Waals surface area contributed by atoms with Crippen LogP contribution in [0.2, 0.25) is 0 Å². The van der Waals surface area contributed by atoms with E-state index < -0.39 is 0 Å².